The van der Waals surface area contributed by atoms with Crippen LogP contribution in [0, 0.1) is 0 Å². The Hall–Kier alpha value is -2.98. The highest BCUT2D eigenvalue weighted by molar-refractivity contribution is 7.90. The predicted octanol–water partition coefficient (Wildman–Crippen LogP) is 5.14. The van der Waals surface area contributed by atoms with Gasteiger partial charge in [0.05, 0.1) is 27.7 Å². The second-order valence-corrected chi connectivity index (χ2v) is 9.95. The summed E-state index contributed by atoms with van der Waals surface area (Å²) < 4.78 is 64.9. The topological polar surface area (TPSA) is 64.8 Å². The van der Waals surface area contributed by atoms with Gasteiger partial charge in [0.25, 0.3) is 0 Å². The standard InChI is InChI=1S/C21H16F3N3O2S2/c1-31(28,29)16-7-4-5-14(11-16)18-8-9-19(30-18)17-12-20(21(22,23)24)26-27(17)13-15-6-2-3-10-25-15/h2-12H,13H2,1H3. The summed E-state index contributed by atoms with van der Waals surface area (Å²) in [4.78, 5) is 5.67. The van der Waals surface area contributed by atoms with Gasteiger partial charge < -0.3 is 0 Å². The van der Waals surface area contributed by atoms with Crippen molar-refractivity contribution in [1.29, 1.82) is 0 Å². The number of hydrogen-bond acceptors (Lipinski definition) is 5. The number of benzene rings is 1. The summed E-state index contributed by atoms with van der Waals surface area (Å²) in [5, 5.41) is 3.76. The zero-order valence-electron chi connectivity index (χ0n) is 16.2. The molecule has 0 aliphatic carbocycles. The zero-order valence-corrected chi connectivity index (χ0v) is 17.8. The summed E-state index contributed by atoms with van der Waals surface area (Å²) in [5.74, 6) is 0. The van der Waals surface area contributed by atoms with Gasteiger partial charge in [0.1, 0.15) is 0 Å². The average molecular weight is 464 g/mol. The van der Waals surface area contributed by atoms with Crippen LogP contribution in [0.5, 0.6) is 0 Å². The van der Waals surface area contributed by atoms with E-state index >= 15 is 0 Å². The fourth-order valence-corrected chi connectivity index (χ4v) is 4.72. The highest BCUT2D eigenvalue weighted by Crippen LogP contribution is 2.38. The maximum atomic E-state index is 13.3. The molecule has 31 heavy (non-hydrogen) atoms. The van der Waals surface area contributed by atoms with Gasteiger partial charge >= 0.3 is 6.18 Å². The van der Waals surface area contributed by atoms with E-state index in [1.807, 2.05) is 0 Å². The van der Waals surface area contributed by atoms with Crippen LogP contribution in [-0.2, 0) is 22.6 Å². The largest absolute Gasteiger partial charge is 0.435 e. The van der Waals surface area contributed by atoms with Gasteiger partial charge in [-0.3, -0.25) is 9.67 Å². The molecule has 0 amide bonds. The highest BCUT2D eigenvalue weighted by Gasteiger charge is 2.35. The molecule has 0 atom stereocenters. The molecule has 0 aliphatic heterocycles. The summed E-state index contributed by atoms with van der Waals surface area (Å²) in [7, 11) is -3.37. The van der Waals surface area contributed by atoms with Crippen molar-refractivity contribution < 1.29 is 21.6 Å². The molecule has 0 N–H and O–H groups in total. The molecule has 0 bridgehead atoms. The molecule has 1 aromatic carbocycles. The third-order valence-corrected chi connectivity index (χ3v) is 6.78. The lowest BCUT2D eigenvalue weighted by molar-refractivity contribution is -0.141. The van der Waals surface area contributed by atoms with Gasteiger partial charge in [0.15, 0.2) is 15.5 Å². The van der Waals surface area contributed by atoms with Crippen molar-refractivity contribution >= 4 is 21.2 Å². The van der Waals surface area contributed by atoms with E-state index in [2.05, 4.69) is 10.1 Å². The summed E-state index contributed by atoms with van der Waals surface area (Å²) in [6.07, 6.45) is -1.88. The quantitative estimate of drug-likeness (QED) is 0.411. The fourth-order valence-electron chi connectivity index (χ4n) is 3.03. The normalized spacial score (nSPS) is 12.3. The summed E-state index contributed by atoms with van der Waals surface area (Å²) in [6, 6.07) is 16.1. The van der Waals surface area contributed by atoms with E-state index in [4.69, 9.17) is 0 Å². The smallest absolute Gasteiger partial charge is 0.259 e. The molecule has 0 radical (unpaired) electrons. The van der Waals surface area contributed by atoms with Crippen molar-refractivity contribution in [2.24, 2.45) is 0 Å². The Morgan fingerprint density at radius 2 is 1.77 bits per heavy atom. The molecule has 10 heteroatoms. The van der Waals surface area contributed by atoms with Crippen LogP contribution in [0.2, 0.25) is 0 Å². The van der Waals surface area contributed by atoms with Crippen LogP contribution >= 0.6 is 11.3 Å². The van der Waals surface area contributed by atoms with Crippen LogP contribution < -0.4 is 0 Å². The van der Waals surface area contributed by atoms with Crippen molar-refractivity contribution in [1.82, 2.24) is 14.8 Å². The summed E-state index contributed by atoms with van der Waals surface area (Å²) in [5.41, 5.74) is 0.588. The van der Waals surface area contributed by atoms with Gasteiger partial charge in [-0.25, -0.2) is 8.42 Å². The van der Waals surface area contributed by atoms with E-state index in [1.54, 1.807) is 54.7 Å². The minimum Gasteiger partial charge on any atom is -0.259 e. The Morgan fingerprint density at radius 3 is 2.45 bits per heavy atom. The summed E-state index contributed by atoms with van der Waals surface area (Å²) >= 11 is 1.26. The molecule has 3 aromatic heterocycles. The molecule has 0 spiro atoms. The SMILES string of the molecule is CS(=O)(=O)c1cccc(-c2ccc(-c3cc(C(F)(F)F)nn3Cc3ccccn3)s2)c1. The highest BCUT2D eigenvalue weighted by atomic mass is 32.2. The molecule has 0 aliphatic rings. The van der Waals surface area contributed by atoms with Gasteiger partial charge in [-0.2, -0.15) is 18.3 Å². The van der Waals surface area contributed by atoms with Crippen molar-refractivity contribution in [3.05, 3.63) is 78.2 Å². The maximum Gasteiger partial charge on any atom is 0.435 e. The minimum atomic E-state index is -4.58. The first kappa shape index (κ1) is 21.3. The average Bonchev–Trinajstić information content (AvgIpc) is 3.35. The molecule has 0 unspecified atom stereocenters. The number of pyridine rings is 1. The molecule has 160 valence electrons. The van der Waals surface area contributed by atoms with Crippen molar-refractivity contribution in [3.63, 3.8) is 0 Å². The third-order valence-electron chi connectivity index (χ3n) is 4.51. The van der Waals surface area contributed by atoms with Crippen LogP contribution in [0.3, 0.4) is 0 Å². The molecular weight excluding hydrogens is 447 g/mol. The van der Waals surface area contributed by atoms with Crippen LogP contribution in [-0.4, -0.2) is 29.4 Å². The van der Waals surface area contributed by atoms with E-state index in [0.29, 0.717) is 21.8 Å². The number of thiophene rings is 1. The Bertz CT molecular complexity index is 1330. The van der Waals surface area contributed by atoms with Crippen LogP contribution in [0.1, 0.15) is 11.4 Å². The Kier molecular flexibility index (Phi) is 5.44. The number of rotatable bonds is 5. The van der Waals surface area contributed by atoms with Crippen molar-refractivity contribution in [3.8, 4) is 21.0 Å². The van der Waals surface area contributed by atoms with Gasteiger partial charge in [0, 0.05) is 17.3 Å². The van der Waals surface area contributed by atoms with E-state index < -0.39 is 21.7 Å². The van der Waals surface area contributed by atoms with Gasteiger partial charge in [-0.15, -0.1) is 11.3 Å². The molecule has 5 nitrogen and oxygen atoms in total. The zero-order chi connectivity index (χ0) is 22.2. The van der Waals surface area contributed by atoms with Crippen LogP contribution in [0.25, 0.3) is 21.0 Å². The molecule has 0 saturated heterocycles. The number of sulfone groups is 1. The minimum absolute atomic E-state index is 0.0864. The van der Waals surface area contributed by atoms with Crippen molar-refractivity contribution in [2.45, 2.75) is 17.6 Å². The van der Waals surface area contributed by atoms with Crippen molar-refractivity contribution in [2.75, 3.05) is 6.26 Å². The Balaban J connectivity index is 1.75. The lowest BCUT2D eigenvalue weighted by atomic mass is 10.2. The number of halogens is 3. The van der Waals surface area contributed by atoms with Crippen LogP contribution in [0.4, 0.5) is 13.2 Å². The fraction of sp³-hybridized carbons (Fsp3) is 0.143. The van der Waals surface area contributed by atoms with Gasteiger partial charge in [-0.1, -0.05) is 18.2 Å². The lowest BCUT2D eigenvalue weighted by Gasteiger charge is -2.06. The maximum absolute atomic E-state index is 13.3. The number of aromatic nitrogens is 3. The second kappa shape index (κ2) is 7.93. The van der Waals surface area contributed by atoms with E-state index in [-0.39, 0.29) is 11.4 Å². The van der Waals surface area contributed by atoms with E-state index in [0.717, 1.165) is 17.2 Å². The Labute approximate surface area is 180 Å². The van der Waals surface area contributed by atoms with Crippen LogP contribution in [0.15, 0.2) is 71.8 Å². The first-order chi connectivity index (χ1) is 14.6. The number of hydrogen-bond donors (Lipinski definition) is 0. The predicted molar refractivity (Wildman–Crippen MR) is 112 cm³/mol. The lowest BCUT2D eigenvalue weighted by Crippen LogP contribution is -2.09. The monoisotopic (exact) mass is 463 g/mol. The molecule has 4 aromatic rings. The number of alkyl halides is 3. The molecule has 3 heterocycles. The first-order valence-corrected chi connectivity index (χ1v) is 11.8. The second-order valence-electron chi connectivity index (χ2n) is 6.86. The first-order valence-electron chi connectivity index (χ1n) is 9.07. The van der Waals surface area contributed by atoms with Gasteiger partial charge in [-0.05, 0) is 48.0 Å². The molecular formula is C21H16F3N3O2S2. The number of nitrogens with zero attached hydrogens (tertiary/aromatic N) is 3. The van der Waals surface area contributed by atoms with E-state index in [9.17, 15) is 21.6 Å². The third kappa shape index (κ3) is 4.70. The van der Waals surface area contributed by atoms with E-state index in [1.165, 1.54) is 22.1 Å². The molecule has 0 fully saturated rings. The summed E-state index contributed by atoms with van der Waals surface area (Å²) in [6.45, 7) is 0.0864. The Morgan fingerprint density at radius 1 is 1.00 bits per heavy atom. The molecule has 0 saturated carbocycles. The molecule has 4 rings (SSSR count). The van der Waals surface area contributed by atoms with Gasteiger partial charge in [0.2, 0.25) is 0 Å².